The molecule has 1 aromatic heterocycles. The van der Waals surface area contributed by atoms with Crippen LogP contribution in [0.25, 0.3) is 0 Å². The molecule has 0 bridgehead atoms. The molecule has 0 radical (unpaired) electrons. The summed E-state index contributed by atoms with van der Waals surface area (Å²) >= 11 is 4.67. The molecule has 19 heavy (non-hydrogen) atoms. The largest absolute Gasteiger partial charge is 0.321 e. The number of anilines is 1. The predicted molar refractivity (Wildman–Crippen MR) is 75.8 cm³/mol. The lowest BCUT2D eigenvalue weighted by molar-refractivity contribution is 0.103. The van der Waals surface area contributed by atoms with Crippen LogP contribution in [0.2, 0.25) is 0 Å². The molecule has 3 nitrogen and oxygen atoms in total. The molecule has 0 saturated carbocycles. The first-order chi connectivity index (χ1) is 9.01. The van der Waals surface area contributed by atoms with Crippen molar-refractivity contribution in [1.82, 2.24) is 0 Å². The number of hydrogen-bond acceptors (Lipinski definition) is 3. The number of nitrogens with one attached hydrogen (secondary N) is 1. The molecule has 1 N–H and O–H groups in total. The third-order valence-corrected chi connectivity index (χ3v) is 4.56. The summed E-state index contributed by atoms with van der Waals surface area (Å²) in [7, 11) is 0. The van der Waals surface area contributed by atoms with Gasteiger partial charge in [-0.1, -0.05) is 0 Å². The van der Waals surface area contributed by atoms with E-state index in [2.05, 4.69) is 21.2 Å². The van der Waals surface area contributed by atoms with Gasteiger partial charge in [0.25, 0.3) is 5.91 Å². The summed E-state index contributed by atoms with van der Waals surface area (Å²) in [5, 5.41) is 11.4. The molecule has 0 saturated heterocycles. The summed E-state index contributed by atoms with van der Waals surface area (Å²) in [4.78, 5) is 12.5. The van der Waals surface area contributed by atoms with Gasteiger partial charge in [-0.05, 0) is 52.7 Å². The summed E-state index contributed by atoms with van der Waals surface area (Å²) in [6, 6.07) is 7.38. The fourth-order valence-corrected chi connectivity index (χ4v) is 2.88. The van der Waals surface area contributed by atoms with E-state index in [0.29, 0.717) is 10.6 Å². The Morgan fingerprint density at radius 1 is 1.47 bits per heavy atom. The van der Waals surface area contributed by atoms with E-state index >= 15 is 0 Å². The minimum absolute atomic E-state index is 0.0960. The van der Waals surface area contributed by atoms with Gasteiger partial charge >= 0.3 is 0 Å². The van der Waals surface area contributed by atoms with E-state index in [4.69, 9.17) is 5.26 Å². The van der Waals surface area contributed by atoms with E-state index in [-0.39, 0.29) is 11.5 Å². The van der Waals surface area contributed by atoms with Crippen molar-refractivity contribution in [2.45, 2.75) is 6.92 Å². The Bertz CT molecular complexity index is 671. The molecule has 0 aliphatic heterocycles. The van der Waals surface area contributed by atoms with Crippen LogP contribution in [0.1, 0.15) is 20.8 Å². The number of rotatable bonds is 2. The monoisotopic (exact) mass is 338 g/mol. The van der Waals surface area contributed by atoms with Crippen molar-refractivity contribution >= 4 is 38.9 Å². The average Bonchev–Trinajstić information content (AvgIpc) is 2.72. The molecule has 96 valence electrons. The van der Waals surface area contributed by atoms with Crippen molar-refractivity contribution in [1.29, 1.82) is 5.26 Å². The summed E-state index contributed by atoms with van der Waals surface area (Å²) < 4.78 is 14.0. The second-order valence-corrected chi connectivity index (χ2v) is 6.20. The Labute approximate surface area is 121 Å². The van der Waals surface area contributed by atoms with Crippen LogP contribution in [-0.4, -0.2) is 5.91 Å². The number of thiophene rings is 1. The predicted octanol–water partition coefficient (Wildman–Crippen LogP) is 4.08. The highest BCUT2D eigenvalue weighted by Crippen LogP contribution is 2.28. The Kier molecular flexibility index (Phi) is 3.98. The first kappa shape index (κ1) is 13.7. The van der Waals surface area contributed by atoms with Gasteiger partial charge in [0.15, 0.2) is 0 Å². The van der Waals surface area contributed by atoms with Crippen LogP contribution >= 0.6 is 27.3 Å². The summed E-state index contributed by atoms with van der Waals surface area (Å²) in [5.74, 6) is -0.885. The van der Waals surface area contributed by atoms with Gasteiger partial charge in [-0.2, -0.15) is 5.26 Å². The molecule has 0 fully saturated rings. The molecule has 2 aromatic rings. The van der Waals surface area contributed by atoms with Crippen molar-refractivity contribution in [2.24, 2.45) is 0 Å². The minimum Gasteiger partial charge on any atom is -0.321 e. The average molecular weight is 339 g/mol. The van der Waals surface area contributed by atoms with Crippen molar-refractivity contribution < 1.29 is 9.18 Å². The maximum absolute atomic E-state index is 13.1. The first-order valence-electron chi connectivity index (χ1n) is 5.28. The van der Waals surface area contributed by atoms with Crippen LogP contribution in [0.4, 0.5) is 10.1 Å². The number of amides is 1. The molecule has 0 spiro atoms. The SMILES string of the molecule is Cc1cc(C(=O)Nc2ccc(F)c(C#N)c2)sc1Br. The van der Waals surface area contributed by atoms with Crippen LogP contribution in [0.5, 0.6) is 0 Å². The Hall–Kier alpha value is -1.71. The van der Waals surface area contributed by atoms with E-state index in [1.807, 2.05) is 6.92 Å². The van der Waals surface area contributed by atoms with Gasteiger partial charge in [-0.15, -0.1) is 11.3 Å². The van der Waals surface area contributed by atoms with Crippen LogP contribution in [0.15, 0.2) is 28.1 Å². The summed E-state index contributed by atoms with van der Waals surface area (Å²) in [6.45, 7) is 1.89. The molecule has 1 amide bonds. The Morgan fingerprint density at radius 3 is 2.79 bits per heavy atom. The zero-order valence-corrected chi connectivity index (χ0v) is 12.2. The molecule has 1 heterocycles. The van der Waals surface area contributed by atoms with E-state index < -0.39 is 5.82 Å². The number of carbonyl (C=O) groups is 1. The van der Waals surface area contributed by atoms with Crippen LogP contribution in [0.3, 0.4) is 0 Å². The molecule has 0 atom stereocenters. The van der Waals surface area contributed by atoms with E-state index in [1.54, 1.807) is 12.1 Å². The molecule has 0 unspecified atom stereocenters. The van der Waals surface area contributed by atoms with Gasteiger partial charge in [0, 0.05) is 5.69 Å². The lowest BCUT2D eigenvalue weighted by atomic mass is 10.2. The summed E-state index contributed by atoms with van der Waals surface area (Å²) in [6.07, 6.45) is 0. The Balaban J connectivity index is 2.22. The Morgan fingerprint density at radius 2 is 2.21 bits per heavy atom. The van der Waals surface area contributed by atoms with Gasteiger partial charge in [-0.3, -0.25) is 4.79 Å². The molecule has 2 rings (SSSR count). The second kappa shape index (κ2) is 5.51. The smallest absolute Gasteiger partial charge is 0.265 e. The molecule has 1 aromatic carbocycles. The number of nitriles is 1. The highest BCUT2D eigenvalue weighted by molar-refractivity contribution is 9.11. The molecular formula is C13H8BrFN2OS. The summed E-state index contributed by atoms with van der Waals surface area (Å²) in [5.41, 5.74) is 1.28. The number of hydrogen-bond donors (Lipinski definition) is 1. The maximum atomic E-state index is 13.1. The van der Waals surface area contributed by atoms with Crippen molar-refractivity contribution in [3.8, 4) is 6.07 Å². The van der Waals surface area contributed by atoms with Gasteiger partial charge in [0.05, 0.1) is 14.2 Å². The van der Waals surface area contributed by atoms with Gasteiger partial charge < -0.3 is 5.32 Å². The number of halogens is 2. The quantitative estimate of drug-likeness (QED) is 0.896. The fourth-order valence-electron chi connectivity index (χ4n) is 1.45. The topological polar surface area (TPSA) is 52.9 Å². The van der Waals surface area contributed by atoms with Gasteiger partial charge in [0.2, 0.25) is 0 Å². The molecular weight excluding hydrogens is 331 g/mol. The lowest BCUT2D eigenvalue weighted by Crippen LogP contribution is -2.10. The van der Waals surface area contributed by atoms with Crippen LogP contribution in [0, 0.1) is 24.1 Å². The van der Waals surface area contributed by atoms with Gasteiger partial charge in [0.1, 0.15) is 11.9 Å². The van der Waals surface area contributed by atoms with Crippen molar-refractivity contribution in [3.63, 3.8) is 0 Å². The number of aryl methyl sites for hydroxylation is 1. The standard InChI is InChI=1S/C13H8BrFN2OS/c1-7-4-11(19-12(7)14)13(18)17-9-2-3-10(15)8(5-9)6-16/h2-5H,1H3,(H,17,18). The normalized spacial score (nSPS) is 10.0. The van der Waals surface area contributed by atoms with Crippen molar-refractivity contribution in [3.05, 3.63) is 49.9 Å². The van der Waals surface area contributed by atoms with Gasteiger partial charge in [-0.25, -0.2) is 4.39 Å². The third-order valence-electron chi connectivity index (χ3n) is 2.43. The minimum atomic E-state index is -0.602. The first-order valence-corrected chi connectivity index (χ1v) is 6.89. The lowest BCUT2D eigenvalue weighted by Gasteiger charge is -2.04. The highest BCUT2D eigenvalue weighted by atomic mass is 79.9. The van der Waals surface area contributed by atoms with E-state index in [0.717, 1.165) is 15.4 Å². The van der Waals surface area contributed by atoms with E-state index in [1.165, 1.54) is 23.5 Å². The number of carbonyl (C=O) groups excluding carboxylic acids is 1. The zero-order valence-electron chi connectivity index (χ0n) is 9.83. The second-order valence-electron chi connectivity index (χ2n) is 3.83. The van der Waals surface area contributed by atoms with E-state index in [9.17, 15) is 9.18 Å². The highest BCUT2D eigenvalue weighted by Gasteiger charge is 2.12. The van der Waals surface area contributed by atoms with Crippen LogP contribution in [-0.2, 0) is 0 Å². The van der Waals surface area contributed by atoms with Crippen LogP contribution < -0.4 is 5.32 Å². The van der Waals surface area contributed by atoms with Crippen molar-refractivity contribution in [2.75, 3.05) is 5.32 Å². The maximum Gasteiger partial charge on any atom is 0.265 e. The zero-order chi connectivity index (χ0) is 14.0. The number of nitrogens with zero attached hydrogens (tertiary/aromatic N) is 1. The molecule has 6 heteroatoms. The molecule has 0 aliphatic carbocycles. The number of benzene rings is 1. The molecule has 0 aliphatic rings. The fraction of sp³-hybridized carbons (Fsp3) is 0.0769. The third kappa shape index (κ3) is 3.00.